The van der Waals surface area contributed by atoms with Gasteiger partial charge in [0.2, 0.25) is 5.95 Å². The molecule has 9 heteroatoms. The highest BCUT2D eigenvalue weighted by Gasteiger charge is 2.27. The van der Waals surface area contributed by atoms with Crippen molar-refractivity contribution in [1.82, 2.24) is 23.8 Å². The zero-order valence-corrected chi connectivity index (χ0v) is 20.8. The maximum absolute atomic E-state index is 8.96. The monoisotopic (exact) mass is 478 g/mol. The number of likely N-dealkylation sites (tertiary alicyclic amines) is 1. The molecule has 0 radical (unpaired) electrons. The van der Waals surface area contributed by atoms with Crippen molar-refractivity contribution in [3.8, 4) is 6.07 Å². The molecule has 2 aliphatic rings. The molecule has 3 aromatic heterocycles. The molecule has 0 amide bonds. The Bertz CT molecular complexity index is 1130. The number of aryl methyl sites for hydroxylation is 2. The van der Waals surface area contributed by atoms with Crippen LogP contribution in [0.4, 0.5) is 16.8 Å². The van der Waals surface area contributed by atoms with E-state index < -0.39 is 0 Å². The number of piperidine rings is 1. The normalized spacial score (nSPS) is 21.4. The molecule has 2 N–H and O–H groups in total. The second-order valence-electron chi connectivity index (χ2n) is 9.60. The Labute approximate surface area is 205 Å². The lowest BCUT2D eigenvalue weighted by Crippen LogP contribution is -2.43. The number of aromatic nitrogens is 4. The Balaban J connectivity index is 1.35. The summed E-state index contributed by atoms with van der Waals surface area (Å²) in [5, 5.41) is 17.0. The number of nitriles is 1. The summed E-state index contributed by atoms with van der Waals surface area (Å²) in [6.07, 6.45) is 12.4. The lowest BCUT2D eigenvalue weighted by atomic mass is 9.89. The van der Waals surface area contributed by atoms with E-state index in [1.54, 1.807) is 0 Å². The number of hydrogen-bond acceptors (Lipinski definition) is 8. The first-order valence-corrected chi connectivity index (χ1v) is 13.4. The van der Waals surface area contributed by atoms with E-state index in [-0.39, 0.29) is 0 Å². The third kappa shape index (κ3) is 5.34. The second kappa shape index (κ2) is 10.7. The summed E-state index contributed by atoms with van der Waals surface area (Å²) in [4.78, 5) is 12.4. The van der Waals surface area contributed by atoms with Crippen LogP contribution in [-0.4, -0.2) is 49.0 Å². The van der Waals surface area contributed by atoms with Gasteiger partial charge in [-0.15, -0.1) is 0 Å². The van der Waals surface area contributed by atoms with Crippen LogP contribution in [0.15, 0.2) is 18.3 Å². The molecule has 0 atom stereocenters. The van der Waals surface area contributed by atoms with Crippen LogP contribution in [0.2, 0.25) is 0 Å². The van der Waals surface area contributed by atoms with Gasteiger partial charge in [-0.25, -0.2) is 4.98 Å². The third-order valence-electron chi connectivity index (χ3n) is 7.11. The summed E-state index contributed by atoms with van der Waals surface area (Å²) in [6, 6.07) is 7.47. The van der Waals surface area contributed by atoms with E-state index in [4.69, 9.17) is 15.2 Å². The van der Waals surface area contributed by atoms with Crippen LogP contribution in [0.5, 0.6) is 0 Å². The van der Waals surface area contributed by atoms with Crippen LogP contribution in [0.25, 0.3) is 11.0 Å². The summed E-state index contributed by atoms with van der Waals surface area (Å²) in [7, 11) is 0. The predicted octanol–water partition coefficient (Wildman–Crippen LogP) is 5.45. The molecule has 8 nitrogen and oxygen atoms in total. The maximum Gasteiger partial charge on any atom is 0.230 e. The van der Waals surface area contributed by atoms with Gasteiger partial charge in [0.25, 0.3) is 0 Å². The van der Waals surface area contributed by atoms with Crippen molar-refractivity contribution >= 4 is 39.3 Å². The minimum absolute atomic E-state index is 0.417. The van der Waals surface area contributed by atoms with Crippen molar-refractivity contribution in [1.29, 1.82) is 5.26 Å². The molecule has 2 fully saturated rings. The predicted molar refractivity (Wildman–Crippen MR) is 138 cm³/mol. The van der Waals surface area contributed by atoms with Gasteiger partial charge in [0.15, 0.2) is 5.82 Å². The molecule has 1 saturated carbocycles. The minimum Gasteiger partial charge on any atom is -0.365 e. The van der Waals surface area contributed by atoms with Gasteiger partial charge in [-0.2, -0.15) is 14.6 Å². The van der Waals surface area contributed by atoms with Crippen molar-refractivity contribution in [2.45, 2.75) is 83.3 Å². The van der Waals surface area contributed by atoms with Crippen LogP contribution in [0, 0.1) is 18.3 Å². The first kappa shape index (κ1) is 23.1. The van der Waals surface area contributed by atoms with E-state index in [0.717, 1.165) is 46.6 Å². The lowest BCUT2D eigenvalue weighted by Gasteiger charge is -2.39. The number of hydrogen-bond donors (Lipinski definition) is 2. The maximum atomic E-state index is 8.96. The summed E-state index contributed by atoms with van der Waals surface area (Å²) >= 11 is 1.42. The van der Waals surface area contributed by atoms with Crippen molar-refractivity contribution in [2.24, 2.45) is 0 Å². The zero-order chi connectivity index (χ0) is 23.3. The average molecular weight is 479 g/mol. The molecule has 5 rings (SSSR count). The molecule has 0 bridgehead atoms. The van der Waals surface area contributed by atoms with Gasteiger partial charge in [-0.1, -0.05) is 6.42 Å². The van der Waals surface area contributed by atoms with Gasteiger partial charge in [0.05, 0.1) is 17.3 Å². The fourth-order valence-corrected chi connectivity index (χ4v) is 6.03. The van der Waals surface area contributed by atoms with E-state index in [1.165, 1.54) is 69.6 Å². The van der Waals surface area contributed by atoms with Crippen LogP contribution in [0.1, 0.15) is 63.5 Å². The number of anilines is 3. The molecule has 34 heavy (non-hydrogen) atoms. The Morgan fingerprint density at radius 1 is 1.15 bits per heavy atom. The topological polar surface area (TPSA) is 94.7 Å². The van der Waals surface area contributed by atoms with Crippen LogP contribution in [0.3, 0.4) is 0 Å². The molecule has 0 spiro atoms. The molecule has 180 valence electrons. The highest BCUT2D eigenvalue weighted by Crippen LogP contribution is 2.31. The van der Waals surface area contributed by atoms with Gasteiger partial charge in [-0.05, 0) is 88.6 Å². The summed E-state index contributed by atoms with van der Waals surface area (Å²) in [6.45, 7) is 5.33. The highest BCUT2D eigenvalue weighted by molar-refractivity contribution is 7.10. The van der Waals surface area contributed by atoms with Crippen molar-refractivity contribution < 1.29 is 0 Å². The highest BCUT2D eigenvalue weighted by atomic mass is 32.1. The molecule has 1 saturated heterocycles. The van der Waals surface area contributed by atoms with E-state index >= 15 is 0 Å². The fourth-order valence-electron chi connectivity index (χ4n) is 5.37. The first-order chi connectivity index (χ1) is 16.7. The van der Waals surface area contributed by atoms with Crippen molar-refractivity contribution in [3.63, 3.8) is 0 Å². The van der Waals surface area contributed by atoms with Crippen molar-refractivity contribution in [2.75, 3.05) is 23.7 Å². The van der Waals surface area contributed by atoms with E-state index in [2.05, 4.69) is 36.7 Å². The number of nitrogens with one attached hydrogen (secondary N) is 2. The Kier molecular flexibility index (Phi) is 7.26. The molecule has 4 heterocycles. The van der Waals surface area contributed by atoms with E-state index in [9.17, 15) is 0 Å². The van der Waals surface area contributed by atoms with E-state index in [1.807, 2.05) is 19.1 Å². The van der Waals surface area contributed by atoms with Gasteiger partial charge < -0.3 is 20.1 Å². The average Bonchev–Trinajstić information content (AvgIpc) is 3.46. The molecular weight excluding hydrogens is 444 g/mol. The van der Waals surface area contributed by atoms with Gasteiger partial charge >= 0.3 is 0 Å². The smallest absolute Gasteiger partial charge is 0.230 e. The van der Waals surface area contributed by atoms with Crippen LogP contribution in [-0.2, 0) is 6.54 Å². The summed E-state index contributed by atoms with van der Waals surface area (Å²) in [5.41, 5.74) is 2.93. The third-order valence-corrected chi connectivity index (χ3v) is 7.90. The van der Waals surface area contributed by atoms with Gasteiger partial charge in [-0.3, -0.25) is 0 Å². The number of fused-ring (bicyclic) bond motifs is 1. The summed E-state index contributed by atoms with van der Waals surface area (Å²) < 4.78 is 6.55. The largest absolute Gasteiger partial charge is 0.365 e. The van der Waals surface area contributed by atoms with Crippen molar-refractivity contribution in [3.05, 3.63) is 24.0 Å². The summed E-state index contributed by atoms with van der Waals surface area (Å²) in [5.74, 6) is 1.48. The first-order valence-electron chi connectivity index (χ1n) is 12.6. The molecule has 1 aliphatic heterocycles. The van der Waals surface area contributed by atoms with Crippen LogP contribution >= 0.6 is 11.5 Å². The minimum atomic E-state index is 0.417. The molecule has 0 aromatic carbocycles. The standard InChI is InChI=1S/C25H34N8S/c1-18-17-22(34-31-18)29-25-28-21-11-16-33(15-6-3-12-26)23(21)24(30-25)27-19-7-9-20(10-8-19)32-13-4-2-5-14-32/h11,16-17,19-20H,2-10,13-15H2,1H3,(H2,27,28,29,30)/t19-,20-. The molecule has 3 aromatic rings. The van der Waals surface area contributed by atoms with E-state index in [0.29, 0.717) is 18.4 Å². The Morgan fingerprint density at radius 3 is 2.71 bits per heavy atom. The zero-order valence-electron chi connectivity index (χ0n) is 20.0. The fraction of sp³-hybridized carbons (Fsp3) is 0.600. The van der Waals surface area contributed by atoms with Gasteiger partial charge in [0, 0.05) is 31.2 Å². The number of unbranched alkanes of at least 4 members (excludes halogenated alkanes) is 1. The lowest BCUT2D eigenvalue weighted by molar-refractivity contribution is 0.127. The Morgan fingerprint density at radius 2 is 1.97 bits per heavy atom. The second-order valence-corrected chi connectivity index (χ2v) is 10.4. The molecule has 1 aliphatic carbocycles. The molecular formula is C25H34N8S. The van der Waals surface area contributed by atoms with Gasteiger partial charge in [0.1, 0.15) is 10.5 Å². The SMILES string of the molecule is Cc1cc(Nc2nc(N[C@H]3CC[C@H](N4CCCCC4)CC3)c3c(ccn3CCCC#N)n2)sn1. The number of nitrogens with zero attached hydrogens (tertiary/aromatic N) is 6. The Hall–Kier alpha value is -2.70. The van der Waals surface area contributed by atoms with Crippen LogP contribution < -0.4 is 10.6 Å². The molecule has 0 unspecified atom stereocenters. The number of rotatable bonds is 8. The quantitative estimate of drug-likeness (QED) is 0.416.